The molecule has 106 valence electrons. The molecule has 2 atom stereocenters. The van der Waals surface area contributed by atoms with Crippen LogP contribution in [0.2, 0.25) is 5.02 Å². The lowest BCUT2D eigenvalue weighted by molar-refractivity contribution is 0.0690. The molecule has 2 unspecified atom stereocenters. The maximum absolute atomic E-state index is 12.8. The third-order valence-electron chi connectivity index (χ3n) is 4.17. The minimum Gasteiger partial charge on any atom is -0.377 e. The summed E-state index contributed by atoms with van der Waals surface area (Å²) in [6.45, 7) is 2.75. The first-order valence-electron chi connectivity index (χ1n) is 7.02. The average Bonchev–Trinajstić information content (AvgIpc) is 3.03. The number of halogens is 1. The van der Waals surface area contributed by atoms with E-state index in [-0.39, 0.29) is 17.8 Å². The summed E-state index contributed by atoms with van der Waals surface area (Å²) < 4.78 is 7.61. The van der Waals surface area contributed by atoms with E-state index in [1.807, 2.05) is 36.0 Å². The van der Waals surface area contributed by atoms with Gasteiger partial charge in [0, 0.05) is 41.3 Å². The van der Waals surface area contributed by atoms with Crippen LogP contribution in [0, 0.1) is 5.92 Å². The van der Waals surface area contributed by atoms with Gasteiger partial charge in [-0.2, -0.15) is 0 Å². The highest BCUT2D eigenvalue weighted by Gasteiger charge is 2.34. The van der Waals surface area contributed by atoms with Crippen LogP contribution in [0.3, 0.4) is 0 Å². The van der Waals surface area contributed by atoms with Crippen molar-refractivity contribution in [1.29, 1.82) is 0 Å². The fourth-order valence-electron chi connectivity index (χ4n) is 3.10. The van der Waals surface area contributed by atoms with Crippen molar-refractivity contribution in [1.82, 2.24) is 4.57 Å². The molecule has 3 rings (SSSR count). The molecule has 0 saturated carbocycles. The van der Waals surface area contributed by atoms with Gasteiger partial charge >= 0.3 is 0 Å². The van der Waals surface area contributed by atoms with E-state index in [1.165, 1.54) is 0 Å². The van der Waals surface area contributed by atoms with Crippen molar-refractivity contribution < 1.29 is 9.53 Å². The van der Waals surface area contributed by atoms with E-state index in [2.05, 4.69) is 6.92 Å². The molecule has 0 N–H and O–H groups in total. The predicted octanol–water partition coefficient (Wildman–Crippen LogP) is 3.83. The van der Waals surface area contributed by atoms with E-state index in [9.17, 15) is 4.79 Å². The number of aromatic nitrogens is 1. The topological polar surface area (TPSA) is 31.2 Å². The van der Waals surface area contributed by atoms with E-state index >= 15 is 0 Å². The Hall–Kier alpha value is -1.32. The average molecular weight is 292 g/mol. The van der Waals surface area contributed by atoms with Crippen LogP contribution in [0.15, 0.2) is 24.4 Å². The number of nitrogens with zero attached hydrogens (tertiary/aromatic N) is 1. The van der Waals surface area contributed by atoms with Gasteiger partial charge in [0.1, 0.15) is 0 Å². The Balaban J connectivity index is 2.04. The number of Topliss-reactive ketones (excluding diaryl/α,β-unsaturated/α-hetero) is 1. The molecule has 3 nitrogen and oxygen atoms in total. The first-order chi connectivity index (χ1) is 9.61. The fourth-order valence-corrected chi connectivity index (χ4v) is 3.27. The second-order valence-corrected chi connectivity index (χ2v) is 5.83. The van der Waals surface area contributed by atoms with Crippen molar-refractivity contribution in [2.45, 2.75) is 25.9 Å². The zero-order valence-corrected chi connectivity index (χ0v) is 12.5. The Labute approximate surface area is 123 Å². The highest BCUT2D eigenvalue weighted by molar-refractivity contribution is 6.31. The van der Waals surface area contributed by atoms with Crippen LogP contribution in [-0.4, -0.2) is 23.1 Å². The van der Waals surface area contributed by atoms with Gasteiger partial charge in [0.2, 0.25) is 0 Å². The van der Waals surface area contributed by atoms with Crippen LogP contribution in [-0.2, 0) is 11.8 Å². The second kappa shape index (κ2) is 5.23. The molecule has 1 aromatic carbocycles. The van der Waals surface area contributed by atoms with Crippen LogP contribution in [0.4, 0.5) is 0 Å². The van der Waals surface area contributed by atoms with Crippen molar-refractivity contribution >= 4 is 28.3 Å². The molecular formula is C16H18ClNO2. The molecule has 1 fully saturated rings. The molecule has 0 spiro atoms. The quantitative estimate of drug-likeness (QED) is 0.805. The number of ether oxygens (including phenoxy) is 1. The summed E-state index contributed by atoms with van der Waals surface area (Å²) in [4.78, 5) is 12.8. The van der Waals surface area contributed by atoms with Gasteiger partial charge < -0.3 is 9.30 Å². The minimum absolute atomic E-state index is 0.0127. The van der Waals surface area contributed by atoms with Crippen LogP contribution >= 0.6 is 11.6 Å². The van der Waals surface area contributed by atoms with Crippen molar-refractivity contribution in [2.75, 3.05) is 6.61 Å². The molecule has 2 aromatic rings. The van der Waals surface area contributed by atoms with E-state index in [0.717, 1.165) is 29.3 Å². The number of hydrogen-bond donors (Lipinski definition) is 0. The lowest BCUT2D eigenvalue weighted by Gasteiger charge is -2.15. The zero-order chi connectivity index (χ0) is 14.3. The largest absolute Gasteiger partial charge is 0.377 e. The Kier molecular flexibility index (Phi) is 3.57. The minimum atomic E-state index is -0.0127. The van der Waals surface area contributed by atoms with E-state index in [4.69, 9.17) is 16.3 Å². The van der Waals surface area contributed by atoms with E-state index in [0.29, 0.717) is 11.6 Å². The molecule has 1 aliphatic rings. The predicted molar refractivity (Wildman–Crippen MR) is 80.4 cm³/mol. The number of ketones is 1. The summed E-state index contributed by atoms with van der Waals surface area (Å²) in [7, 11) is 1.94. The molecule has 1 saturated heterocycles. The van der Waals surface area contributed by atoms with E-state index < -0.39 is 0 Å². The van der Waals surface area contributed by atoms with Crippen LogP contribution < -0.4 is 0 Å². The third-order valence-corrected chi connectivity index (χ3v) is 4.40. The summed E-state index contributed by atoms with van der Waals surface area (Å²) in [5.74, 6) is 0.184. The molecule has 20 heavy (non-hydrogen) atoms. The smallest absolute Gasteiger partial charge is 0.170 e. The van der Waals surface area contributed by atoms with Gasteiger partial charge in [-0.05, 0) is 25.0 Å². The SMILES string of the molecule is CCC1OCCC1C(=O)c1cn(C)c2cc(Cl)ccc12. The van der Waals surface area contributed by atoms with Gasteiger partial charge in [0.05, 0.1) is 12.0 Å². The second-order valence-electron chi connectivity index (χ2n) is 5.39. The maximum Gasteiger partial charge on any atom is 0.170 e. The number of hydrogen-bond acceptors (Lipinski definition) is 2. The Morgan fingerprint density at radius 1 is 1.50 bits per heavy atom. The van der Waals surface area contributed by atoms with Gasteiger partial charge in [0.15, 0.2) is 5.78 Å². The molecule has 2 heterocycles. The van der Waals surface area contributed by atoms with Crippen LogP contribution in [0.1, 0.15) is 30.1 Å². The van der Waals surface area contributed by atoms with Crippen molar-refractivity contribution in [3.63, 3.8) is 0 Å². The molecular weight excluding hydrogens is 274 g/mol. The number of benzene rings is 1. The first-order valence-corrected chi connectivity index (χ1v) is 7.40. The summed E-state index contributed by atoms with van der Waals surface area (Å²) in [6.07, 6.45) is 3.67. The number of rotatable bonds is 3. The number of aryl methyl sites for hydroxylation is 1. The van der Waals surface area contributed by atoms with Crippen molar-refractivity contribution in [3.05, 3.63) is 35.0 Å². The highest BCUT2D eigenvalue weighted by Crippen LogP contribution is 2.31. The standard InChI is InChI=1S/C16H18ClNO2/c1-3-15-12(6-7-20-15)16(19)13-9-18(2)14-8-10(17)4-5-11(13)14/h4-5,8-9,12,15H,3,6-7H2,1-2H3. The highest BCUT2D eigenvalue weighted by atomic mass is 35.5. The molecule has 0 aliphatic carbocycles. The van der Waals surface area contributed by atoms with Crippen LogP contribution in [0.5, 0.6) is 0 Å². The van der Waals surface area contributed by atoms with Gasteiger partial charge in [-0.3, -0.25) is 4.79 Å². The summed E-state index contributed by atoms with van der Waals surface area (Å²) in [5, 5.41) is 1.66. The molecule has 1 aliphatic heterocycles. The number of fused-ring (bicyclic) bond motifs is 1. The lowest BCUT2D eigenvalue weighted by atomic mass is 9.90. The Bertz CT molecular complexity index is 662. The molecule has 0 amide bonds. The normalized spacial score (nSPS) is 22.6. The third kappa shape index (κ3) is 2.15. The molecule has 1 aromatic heterocycles. The fraction of sp³-hybridized carbons (Fsp3) is 0.438. The van der Waals surface area contributed by atoms with E-state index in [1.54, 1.807) is 0 Å². The molecule has 4 heteroatoms. The summed E-state index contributed by atoms with van der Waals surface area (Å²) in [6, 6.07) is 5.67. The van der Waals surface area contributed by atoms with Crippen LogP contribution in [0.25, 0.3) is 10.9 Å². The van der Waals surface area contributed by atoms with Gasteiger partial charge in [-0.25, -0.2) is 0 Å². The summed E-state index contributed by atoms with van der Waals surface area (Å²) in [5.41, 5.74) is 1.78. The van der Waals surface area contributed by atoms with Crippen molar-refractivity contribution in [2.24, 2.45) is 13.0 Å². The number of carbonyl (C=O) groups is 1. The maximum atomic E-state index is 12.8. The summed E-state index contributed by atoms with van der Waals surface area (Å²) >= 11 is 6.03. The Morgan fingerprint density at radius 3 is 3.05 bits per heavy atom. The number of carbonyl (C=O) groups excluding carboxylic acids is 1. The van der Waals surface area contributed by atoms with Gasteiger partial charge in [-0.1, -0.05) is 24.6 Å². The van der Waals surface area contributed by atoms with Gasteiger partial charge in [-0.15, -0.1) is 0 Å². The van der Waals surface area contributed by atoms with Crippen molar-refractivity contribution in [3.8, 4) is 0 Å². The van der Waals surface area contributed by atoms with Gasteiger partial charge in [0.25, 0.3) is 0 Å². The Morgan fingerprint density at radius 2 is 2.30 bits per heavy atom. The monoisotopic (exact) mass is 291 g/mol. The first kappa shape index (κ1) is 13.7. The lowest BCUT2D eigenvalue weighted by Crippen LogP contribution is -2.23. The molecule has 0 radical (unpaired) electrons. The molecule has 0 bridgehead atoms. The zero-order valence-electron chi connectivity index (χ0n) is 11.7.